The van der Waals surface area contributed by atoms with Crippen molar-refractivity contribution in [2.24, 2.45) is 0 Å². The van der Waals surface area contributed by atoms with Crippen molar-refractivity contribution in [1.29, 1.82) is 0 Å². The maximum absolute atomic E-state index is 12.6. The Morgan fingerprint density at radius 1 is 1.15 bits per heavy atom. The Kier molecular flexibility index (Phi) is 5.02. The predicted molar refractivity (Wildman–Crippen MR) is 98.0 cm³/mol. The van der Waals surface area contributed by atoms with Crippen LogP contribution in [0.2, 0.25) is 0 Å². The number of aromatic nitrogens is 2. The topological polar surface area (TPSA) is 68.5 Å². The number of hydrogen-bond acceptors (Lipinski definition) is 5. The monoisotopic (exact) mass is 351 g/mol. The van der Waals surface area contributed by atoms with Gasteiger partial charge < -0.3 is 14.2 Å². The van der Waals surface area contributed by atoms with Crippen LogP contribution in [0.4, 0.5) is 0 Å². The van der Waals surface area contributed by atoms with Crippen molar-refractivity contribution < 1.29 is 14.1 Å². The van der Waals surface area contributed by atoms with E-state index in [-0.39, 0.29) is 12.5 Å². The summed E-state index contributed by atoms with van der Waals surface area (Å²) in [7, 11) is 3.32. The van der Waals surface area contributed by atoms with E-state index in [2.05, 4.69) is 10.1 Å². The maximum atomic E-state index is 12.6. The van der Waals surface area contributed by atoms with E-state index >= 15 is 0 Å². The van der Waals surface area contributed by atoms with Gasteiger partial charge in [0, 0.05) is 18.2 Å². The summed E-state index contributed by atoms with van der Waals surface area (Å²) >= 11 is 0. The molecule has 0 fully saturated rings. The van der Waals surface area contributed by atoms with Gasteiger partial charge in [0.25, 0.3) is 5.91 Å². The van der Waals surface area contributed by atoms with Crippen LogP contribution in [0.25, 0.3) is 11.4 Å². The first-order chi connectivity index (χ1) is 12.5. The third-order valence-electron chi connectivity index (χ3n) is 4.21. The molecule has 1 amide bonds. The van der Waals surface area contributed by atoms with Crippen molar-refractivity contribution >= 4 is 5.91 Å². The molecule has 6 nitrogen and oxygen atoms in total. The number of rotatable bonds is 5. The summed E-state index contributed by atoms with van der Waals surface area (Å²) in [6, 6.07) is 13.2. The number of ether oxygens (including phenoxy) is 1. The van der Waals surface area contributed by atoms with E-state index in [4.69, 9.17) is 9.26 Å². The van der Waals surface area contributed by atoms with Crippen LogP contribution < -0.4 is 4.74 Å². The van der Waals surface area contributed by atoms with Gasteiger partial charge in [-0.05, 0) is 43.2 Å². The third-order valence-corrected chi connectivity index (χ3v) is 4.21. The molecule has 0 saturated heterocycles. The summed E-state index contributed by atoms with van der Waals surface area (Å²) in [5.41, 5.74) is 3.48. The molecule has 0 aliphatic carbocycles. The summed E-state index contributed by atoms with van der Waals surface area (Å²) in [6.07, 6.45) is 0. The highest BCUT2D eigenvalue weighted by molar-refractivity contribution is 5.94. The molecule has 6 heteroatoms. The van der Waals surface area contributed by atoms with Crippen molar-refractivity contribution in [2.75, 3.05) is 14.2 Å². The lowest BCUT2D eigenvalue weighted by atomic mass is 10.1. The number of hydrogen-bond donors (Lipinski definition) is 0. The van der Waals surface area contributed by atoms with E-state index in [0.717, 1.165) is 22.4 Å². The standard InChI is InChI=1S/C20H21N3O3/c1-13-7-5-6-8-16(13)19-21-18(26-22-19)12-23(3)20(24)15-9-10-17(25-4)14(2)11-15/h5-11H,12H2,1-4H3. The average molecular weight is 351 g/mol. The van der Waals surface area contributed by atoms with Crippen LogP contribution in [0, 0.1) is 13.8 Å². The molecular weight excluding hydrogens is 330 g/mol. The first-order valence-corrected chi connectivity index (χ1v) is 8.28. The van der Waals surface area contributed by atoms with Gasteiger partial charge in [-0.1, -0.05) is 29.4 Å². The normalized spacial score (nSPS) is 10.6. The fraction of sp³-hybridized carbons (Fsp3) is 0.250. The predicted octanol–water partition coefficient (Wildman–Crippen LogP) is 3.63. The van der Waals surface area contributed by atoms with Crippen molar-refractivity contribution in [3.8, 4) is 17.1 Å². The summed E-state index contributed by atoms with van der Waals surface area (Å²) in [5, 5.41) is 4.03. The molecular formula is C20H21N3O3. The quantitative estimate of drug-likeness (QED) is 0.702. The maximum Gasteiger partial charge on any atom is 0.254 e. The Morgan fingerprint density at radius 3 is 2.62 bits per heavy atom. The largest absolute Gasteiger partial charge is 0.496 e. The highest BCUT2D eigenvalue weighted by Gasteiger charge is 2.17. The molecule has 0 spiro atoms. The van der Waals surface area contributed by atoms with E-state index in [1.54, 1.807) is 31.2 Å². The third kappa shape index (κ3) is 3.59. The molecule has 0 atom stereocenters. The van der Waals surface area contributed by atoms with Crippen LogP contribution in [-0.4, -0.2) is 35.1 Å². The SMILES string of the molecule is COc1ccc(C(=O)N(C)Cc2nc(-c3ccccc3C)no2)cc1C. The molecule has 0 aliphatic heterocycles. The van der Waals surface area contributed by atoms with Crippen LogP contribution in [0.3, 0.4) is 0 Å². The summed E-state index contributed by atoms with van der Waals surface area (Å²) in [5.74, 6) is 1.55. The minimum absolute atomic E-state index is 0.119. The second-order valence-electron chi connectivity index (χ2n) is 6.17. The van der Waals surface area contributed by atoms with Gasteiger partial charge >= 0.3 is 0 Å². The van der Waals surface area contributed by atoms with Crippen LogP contribution in [0.1, 0.15) is 27.4 Å². The van der Waals surface area contributed by atoms with Gasteiger partial charge in [0.1, 0.15) is 5.75 Å². The number of nitrogens with zero attached hydrogens (tertiary/aromatic N) is 3. The Morgan fingerprint density at radius 2 is 1.92 bits per heavy atom. The van der Waals surface area contributed by atoms with E-state index in [1.165, 1.54) is 0 Å². The zero-order valence-corrected chi connectivity index (χ0v) is 15.3. The van der Waals surface area contributed by atoms with E-state index < -0.39 is 0 Å². The van der Waals surface area contributed by atoms with Crippen molar-refractivity contribution in [3.05, 3.63) is 65.0 Å². The summed E-state index contributed by atoms with van der Waals surface area (Å²) in [4.78, 5) is 18.6. The zero-order chi connectivity index (χ0) is 18.7. The minimum atomic E-state index is -0.119. The van der Waals surface area contributed by atoms with E-state index in [1.807, 2.05) is 44.2 Å². The van der Waals surface area contributed by atoms with Gasteiger partial charge in [0.15, 0.2) is 0 Å². The molecule has 2 aromatic carbocycles. The molecule has 134 valence electrons. The first kappa shape index (κ1) is 17.7. The smallest absolute Gasteiger partial charge is 0.254 e. The molecule has 0 saturated carbocycles. The molecule has 0 bridgehead atoms. The molecule has 3 aromatic rings. The van der Waals surface area contributed by atoms with Crippen molar-refractivity contribution in [1.82, 2.24) is 15.0 Å². The van der Waals surface area contributed by atoms with Crippen LogP contribution in [0.5, 0.6) is 5.75 Å². The van der Waals surface area contributed by atoms with Gasteiger partial charge in [0.05, 0.1) is 13.7 Å². The van der Waals surface area contributed by atoms with Gasteiger partial charge in [-0.15, -0.1) is 0 Å². The number of carbonyl (C=O) groups excluding carboxylic acids is 1. The number of aryl methyl sites for hydroxylation is 2. The highest BCUT2D eigenvalue weighted by atomic mass is 16.5. The van der Waals surface area contributed by atoms with E-state index in [0.29, 0.717) is 17.3 Å². The summed E-state index contributed by atoms with van der Waals surface area (Å²) in [6.45, 7) is 4.14. The summed E-state index contributed by atoms with van der Waals surface area (Å²) < 4.78 is 10.5. The lowest BCUT2D eigenvalue weighted by Gasteiger charge is -2.15. The van der Waals surface area contributed by atoms with Crippen LogP contribution in [0.15, 0.2) is 47.0 Å². The molecule has 26 heavy (non-hydrogen) atoms. The lowest BCUT2D eigenvalue weighted by Crippen LogP contribution is -2.26. The number of methoxy groups -OCH3 is 1. The Balaban J connectivity index is 1.74. The van der Waals surface area contributed by atoms with Crippen LogP contribution in [-0.2, 0) is 6.54 Å². The fourth-order valence-corrected chi connectivity index (χ4v) is 2.76. The second-order valence-corrected chi connectivity index (χ2v) is 6.17. The number of amides is 1. The minimum Gasteiger partial charge on any atom is -0.496 e. The lowest BCUT2D eigenvalue weighted by molar-refractivity contribution is 0.0769. The first-order valence-electron chi connectivity index (χ1n) is 8.28. The molecule has 1 heterocycles. The number of carbonyl (C=O) groups is 1. The molecule has 0 aliphatic rings. The highest BCUT2D eigenvalue weighted by Crippen LogP contribution is 2.21. The Labute approximate surface area is 152 Å². The molecule has 0 unspecified atom stereocenters. The number of benzene rings is 2. The second kappa shape index (κ2) is 7.39. The van der Waals surface area contributed by atoms with Gasteiger partial charge in [-0.3, -0.25) is 4.79 Å². The Hall–Kier alpha value is -3.15. The van der Waals surface area contributed by atoms with E-state index in [9.17, 15) is 4.79 Å². The molecule has 3 rings (SSSR count). The molecule has 0 N–H and O–H groups in total. The molecule has 1 aromatic heterocycles. The van der Waals surface area contributed by atoms with Crippen LogP contribution >= 0.6 is 0 Å². The average Bonchev–Trinajstić information content (AvgIpc) is 3.09. The Bertz CT molecular complexity index is 934. The van der Waals surface area contributed by atoms with Crippen molar-refractivity contribution in [2.45, 2.75) is 20.4 Å². The molecule has 0 radical (unpaired) electrons. The van der Waals surface area contributed by atoms with Gasteiger partial charge in [-0.2, -0.15) is 4.98 Å². The fourth-order valence-electron chi connectivity index (χ4n) is 2.76. The van der Waals surface area contributed by atoms with Crippen molar-refractivity contribution in [3.63, 3.8) is 0 Å². The van der Waals surface area contributed by atoms with Gasteiger partial charge in [0.2, 0.25) is 11.7 Å². The van der Waals surface area contributed by atoms with Gasteiger partial charge in [-0.25, -0.2) is 0 Å². The zero-order valence-electron chi connectivity index (χ0n) is 15.3.